The lowest BCUT2D eigenvalue weighted by atomic mass is 10.2. The fourth-order valence-electron chi connectivity index (χ4n) is 3.68. The van der Waals surface area contributed by atoms with Gasteiger partial charge in [0.05, 0.1) is 18.8 Å². The highest BCUT2D eigenvalue weighted by Gasteiger charge is 2.33. The predicted octanol–water partition coefficient (Wildman–Crippen LogP) is 3.60. The monoisotopic (exact) mass is 439 g/mol. The zero-order valence-corrected chi connectivity index (χ0v) is 18.3. The van der Waals surface area contributed by atoms with Crippen LogP contribution in [0.4, 0.5) is 0 Å². The Kier molecular flexibility index (Phi) is 7.27. The highest BCUT2D eigenvalue weighted by atomic mass is 16.5. The van der Waals surface area contributed by atoms with Gasteiger partial charge in [-0.25, -0.2) is 4.79 Å². The maximum absolute atomic E-state index is 12.7. The van der Waals surface area contributed by atoms with Gasteiger partial charge in [-0.2, -0.15) is 0 Å². The maximum Gasteiger partial charge on any atom is 0.338 e. The fourth-order valence-corrected chi connectivity index (χ4v) is 3.68. The lowest BCUT2D eigenvalue weighted by molar-refractivity contribution is -0.135. The highest BCUT2D eigenvalue weighted by molar-refractivity contribution is 5.91. The van der Waals surface area contributed by atoms with Crippen LogP contribution in [0.5, 0.6) is 11.5 Å². The Morgan fingerprint density at radius 2 is 1.72 bits per heavy atom. The molecule has 0 bridgehead atoms. The molecule has 2 aromatic rings. The number of carbonyl (C=O) groups excluding carboxylic acids is 2. The fraction of sp³-hybridized carbons (Fsp3) is 0.440. The zero-order chi connectivity index (χ0) is 22.3. The van der Waals surface area contributed by atoms with Crippen LogP contribution < -0.4 is 9.47 Å². The van der Waals surface area contributed by atoms with Crippen molar-refractivity contribution in [2.24, 2.45) is 0 Å². The Hall–Kier alpha value is -3.06. The van der Waals surface area contributed by atoms with Gasteiger partial charge in [-0.05, 0) is 67.6 Å². The summed E-state index contributed by atoms with van der Waals surface area (Å²) in [5.41, 5.74) is 1.39. The lowest BCUT2D eigenvalue weighted by Gasteiger charge is -2.22. The van der Waals surface area contributed by atoms with Crippen LogP contribution in [0, 0.1) is 0 Å². The maximum atomic E-state index is 12.7. The van der Waals surface area contributed by atoms with E-state index in [9.17, 15) is 9.59 Å². The molecule has 1 aliphatic heterocycles. The van der Waals surface area contributed by atoms with E-state index in [1.54, 1.807) is 36.3 Å². The van der Waals surface area contributed by atoms with Crippen LogP contribution in [0.25, 0.3) is 0 Å². The summed E-state index contributed by atoms with van der Waals surface area (Å²) in [6, 6.07) is 14.6. The van der Waals surface area contributed by atoms with E-state index in [0.29, 0.717) is 24.5 Å². The number of amides is 1. The van der Waals surface area contributed by atoms with Gasteiger partial charge in [-0.1, -0.05) is 12.1 Å². The number of ether oxygens (including phenoxy) is 4. The summed E-state index contributed by atoms with van der Waals surface area (Å²) in [6.07, 6.45) is 4.16. The van der Waals surface area contributed by atoms with Crippen molar-refractivity contribution < 1.29 is 28.5 Å². The van der Waals surface area contributed by atoms with Gasteiger partial charge >= 0.3 is 5.97 Å². The van der Waals surface area contributed by atoms with E-state index in [-0.39, 0.29) is 24.7 Å². The third-order valence-electron chi connectivity index (χ3n) is 5.70. The number of benzene rings is 2. The topological polar surface area (TPSA) is 74.3 Å². The van der Waals surface area contributed by atoms with Crippen LogP contribution in [0.2, 0.25) is 0 Å². The summed E-state index contributed by atoms with van der Waals surface area (Å²) in [4.78, 5) is 26.9. The minimum absolute atomic E-state index is 0.137. The summed E-state index contributed by atoms with van der Waals surface area (Å²) in [5.74, 6) is 0.736. The molecule has 0 spiro atoms. The van der Waals surface area contributed by atoms with Crippen molar-refractivity contribution in [2.75, 3.05) is 26.9 Å². The van der Waals surface area contributed by atoms with Gasteiger partial charge in [-0.15, -0.1) is 0 Å². The van der Waals surface area contributed by atoms with Gasteiger partial charge in [0.2, 0.25) is 0 Å². The Balaban J connectivity index is 1.26. The van der Waals surface area contributed by atoms with Crippen LogP contribution in [-0.4, -0.2) is 55.9 Å². The molecule has 1 heterocycles. The van der Waals surface area contributed by atoms with Gasteiger partial charge < -0.3 is 23.8 Å². The number of hydrogen-bond acceptors (Lipinski definition) is 6. The van der Waals surface area contributed by atoms with E-state index in [2.05, 4.69) is 0 Å². The summed E-state index contributed by atoms with van der Waals surface area (Å²) in [7, 11) is 1.62. The average molecular weight is 440 g/mol. The SMILES string of the molecule is COc1ccc(CN(C(=O)COC(=O)c2ccc(OCC3CCCO3)cc2)C2CC2)cc1. The zero-order valence-electron chi connectivity index (χ0n) is 18.3. The first kappa shape index (κ1) is 22.1. The summed E-state index contributed by atoms with van der Waals surface area (Å²) < 4.78 is 21.7. The molecule has 1 atom stereocenters. The van der Waals surface area contributed by atoms with Crippen LogP contribution in [0.3, 0.4) is 0 Å². The molecule has 7 nitrogen and oxygen atoms in total. The number of carbonyl (C=O) groups is 2. The van der Waals surface area contributed by atoms with Crippen molar-refractivity contribution in [1.82, 2.24) is 4.90 Å². The Labute approximate surface area is 188 Å². The molecule has 0 aromatic heterocycles. The molecule has 7 heteroatoms. The third kappa shape index (κ3) is 6.01. The highest BCUT2D eigenvalue weighted by Crippen LogP contribution is 2.29. The van der Waals surface area contributed by atoms with Crippen molar-refractivity contribution >= 4 is 11.9 Å². The Morgan fingerprint density at radius 3 is 2.34 bits per heavy atom. The van der Waals surface area contributed by atoms with Crippen molar-refractivity contribution in [3.05, 3.63) is 59.7 Å². The molecule has 1 aliphatic carbocycles. The molecule has 4 rings (SSSR count). The minimum atomic E-state index is -0.524. The molecule has 2 aromatic carbocycles. The molecule has 32 heavy (non-hydrogen) atoms. The average Bonchev–Trinajstić information content (AvgIpc) is 3.54. The number of methoxy groups -OCH3 is 1. The second-order valence-corrected chi connectivity index (χ2v) is 8.15. The van der Waals surface area contributed by atoms with Crippen molar-refractivity contribution in [3.63, 3.8) is 0 Å². The molecule has 1 saturated heterocycles. The number of nitrogens with zero attached hydrogens (tertiary/aromatic N) is 1. The van der Waals surface area contributed by atoms with Gasteiger partial charge in [-0.3, -0.25) is 4.79 Å². The molecule has 1 amide bonds. The van der Waals surface area contributed by atoms with Crippen molar-refractivity contribution in [2.45, 2.75) is 44.4 Å². The van der Waals surface area contributed by atoms with E-state index in [1.807, 2.05) is 24.3 Å². The molecular weight excluding hydrogens is 410 g/mol. The molecule has 0 radical (unpaired) electrons. The van der Waals surface area contributed by atoms with E-state index >= 15 is 0 Å². The van der Waals surface area contributed by atoms with Gasteiger partial charge in [0.15, 0.2) is 6.61 Å². The standard InChI is InChI=1S/C25H29NO6/c1-29-21-10-4-18(5-11-21)15-26(20-8-9-20)24(27)17-32-25(28)19-6-12-22(13-7-19)31-16-23-3-2-14-30-23/h4-7,10-13,20,23H,2-3,8-9,14-17H2,1H3. The minimum Gasteiger partial charge on any atom is -0.497 e. The molecule has 2 aliphatic rings. The molecule has 170 valence electrons. The quantitative estimate of drug-likeness (QED) is 0.527. The first-order valence-corrected chi connectivity index (χ1v) is 11.1. The van der Waals surface area contributed by atoms with Gasteiger partial charge in [0.25, 0.3) is 5.91 Å². The lowest BCUT2D eigenvalue weighted by Crippen LogP contribution is -2.36. The first-order chi connectivity index (χ1) is 15.6. The van der Waals surface area contributed by atoms with E-state index < -0.39 is 5.97 Å². The van der Waals surface area contributed by atoms with E-state index in [0.717, 1.165) is 43.6 Å². The number of esters is 1. The van der Waals surface area contributed by atoms with E-state index in [4.69, 9.17) is 18.9 Å². The molecule has 2 fully saturated rings. The number of hydrogen-bond donors (Lipinski definition) is 0. The second kappa shape index (κ2) is 10.5. The van der Waals surface area contributed by atoms with E-state index in [1.165, 1.54) is 0 Å². The van der Waals surface area contributed by atoms with Gasteiger partial charge in [0, 0.05) is 19.2 Å². The first-order valence-electron chi connectivity index (χ1n) is 11.1. The predicted molar refractivity (Wildman–Crippen MR) is 118 cm³/mol. The summed E-state index contributed by atoms with van der Waals surface area (Å²) in [6.45, 7) is 1.50. The second-order valence-electron chi connectivity index (χ2n) is 8.15. The van der Waals surface area contributed by atoms with Gasteiger partial charge in [0.1, 0.15) is 18.1 Å². The molecular formula is C25H29NO6. The van der Waals surface area contributed by atoms with Crippen molar-refractivity contribution in [1.29, 1.82) is 0 Å². The largest absolute Gasteiger partial charge is 0.497 e. The molecule has 0 N–H and O–H groups in total. The third-order valence-corrected chi connectivity index (χ3v) is 5.70. The number of rotatable bonds is 10. The summed E-state index contributed by atoms with van der Waals surface area (Å²) >= 11 is 0. The van der Waals surface area contributed by atoms with Crippen LogP contribution in [0.15, 0.2) is 48.5 Å². The Morgan fingerprint density at radius 1 is 1.00 bits per heavy atom. The van der Waals surface area contributed by atoms with Crippen LogP contribution >= 0.6 is 0 Å². The summed E-state index contributed by atoms with van der Waals surface area (Å²) in [5, 5.41) is 0. The normalized spacial score (nSPS) is 17.6. The smallest absolute Gasteiger partial charge is 0.338 e. The Bertz CT molecular complexity index is 901. The molecule has 1 unspecified atom stereocenters. The van der Waals surface area contributed by atoms with Crippen LogP contribution in [0.1, 0.15) is 41.6 Å². The molecule has 1 saturated carbocycles. The van der Waals surface area contributed by atoms with Crippen LogP contribution in [-0.2, 0) is 20.8 Å². The van der Waals surface area contributed by atoms with Crippen molar-refractivity contribution in [3.8, 4) is 11.5 Å².